The van der Waals surface area contributed by atoms with Crippen LogP contribution in [0.1, 0.15) is 31.2 Å². The van der Waals surface area contributed by atoms with Gasteiger partial charge in [-0.05, 0) is 54.5 Å². The summed E-state index contributed by atoms with van der Waals surface area (Å²) in [6, 6.07) is 16.6. The number of nitrogens with zero attached hydrogens (tertiary/aromatic N) is 5. The number of piperidine rings is 1. The Balaban J connectivity index is 1.44. The first-order valence-electron chi connectivity index (χ1n) is 11.4. The normalized spacial score (nSPS) is 20.4. The zero-order valence-corrected chi connectivity index (χ0v) is 19.0. The number of fused-ring (bicyclic) bond motifs is 2. The van der Waals surface area contributed by atoms with Gasteiger partial charge in [-0.15, -0.1) is 0 Å². The smallest absolute Gasteiger partial charge is 0.186 e. The van der Waals surface area contributed by atoms with Crippen molar-refractivity contribution < 1.29 is 0 Å². The zero-order valence-electron chi connectivity index (χ0n) is 18.2. The van der Waals surface area contributed by atoms with E-state index < -0.39 is 0 Å². The minimum absolute atomic E-state index is 0.672. The summed E-state index contributed by atoms with van der Waals surface area (Å²) in [7, 11) is 1.97. The lowest BCUT2D eigenvalue weighted by Gasteiger charge is -2.34. The van der Waals surface area contributed by atoms with Gasteiger partial charge in [0.05, 0.1) is 33.9 Å². The molecule has 160 valence electrons. The van der Waals surface area contributed by atoms with Crippen LogP contribution in [0.15, 0.2) is 48.7 Å². The number of hydrogen-bond acceptors (Lipinski definition) is 5. The maximum Gasteiger partial charge on any atom is 0.186 e. The summed E-state index contributed by atoms with van der Waals surface area (Å²) < 4.78 is 1.91. The van der Waals surface area contributed by atoms with Crippen LogP contribution in [-0.2, 0) is 7.05 Å². The van der Waals surface area contributed by atoms with Gasteiger partial charge in [-0.1, -0.05) is 42.4 Å². The third kappa shape index (κ3) is 3.28. The number of anilines is 1. The van der Waals surface area contributed by atoms with Crippen molar-refractivity contribution in [2.45, 2.75) is 25.7 Å². The minimum atomic E-state index is 0.672. The van der Waals surface area contributed by atoms with Crippen LogP contribution in [-0.4, -0.2) is 27.9 Å². The molecule has 1 saturated carbocycles. The van der Waals surface area contributed by atoms with Crippen molar-refractivity contribution in [3.63, 3.8) is 0 Å². The van der Waals surface area contributed by atoms with E-state index in [0.717, 1.165) is 52.2 Å². The monoisotopic (exact) mass is 439 g/mol. The minimum Gasteiger partial charge on any atom is -0.348 e. The fourth-order valence-electron chi connectivity index (χ4n) is 5.45. The van der Waals surface area contributed by atoms with Gasteiger partial charge in [0.15, 0.2) is 5.13 Å². The third-order valence-corrected chi connectivity index (χ3v) is 8.39. The molecule has 5 nitrogen and oxygen atoms in total. The number of benzene rings is 2. The van der Waals surface area contributed by atoms with E-state index >= 15 is 0 Å². The molecule has 6 heteroatoms. The van der Waals surface area contributed by atoms with E-state index in [4.69, 9.17) is 4.98 Å². The SMILES string of the molecule is Cn1ncc2cc(-c3sc(N4CCC5CCCC5C4)nc3-c3ccc(C#N)cc3)ccc21. The Bertz CT molecular complexity index is 1330. The van der Waals surface area contributed by atoms with Gasteiger partial charge >= 0.3 is 0 Å². The highest BCUT2D eigenvalue weighted by Gasteiger charge is 2.34. The molecule has 0 N–H and O–H groups in total. The second-order valence-electron chi connectivity index (χ2n) is 9.09. The Morgan fingerprint density at radius 2 is 1.84 bits per heavy atom. The molecule has 2 aliphatic rings. The predicted molar refractivity (Wildman–Crippen MR) is 130 cm³/mol. The molecule has 2 fully saturated rings. The van der Waals surface area contributed by atoms with Crippen molar-refractivity contribution in [3.8, 4) is 27.8 Å². The average molecular weight is 440 g/mol. The van der Waals surface area contributed by atoms with E-state index in [1.54, 1.807) is 11.3 Å². The summed E-state index contributed by atoms with van der Waals surface area (Å²) in [5.41, 5.74) is 5.03. The molecule has 0 bridgehead atoms. The zero-order chi connectivity index (χ0) is 21.7. The quantitative estimate of drug-likeness (QED) is 0.401. The largest absolute Gasteiger partial charge is 0.348 e. The van der Waals surface area contributed by atoms with Gasteiger partial charge in [0, 0.05) is 31.1 Å². The maximum atomic E-state index is 9.21. The average Bonchev–Trinajstić information content (AvgIpc) is 3.57. The molecule has 3 heterocycles. The maximum absolute atomic E-state index is 9.21. The second kappa shape index (κ2) is 7.75. The first-order valence-corrected chi connectivity index (χ1v) is 12.2. The molecule has 1 aliphatic heterocycles. The first kappa shape index (κ1) is 19.5. The molecule has 2 atom stereocenters. The highest BCUT2D eigenvalue weighted by atomic mass is 32.1. The molecule has 1 aliphatic carbocycles. The van der Waals surface area contributed by atoms with Crippen LogP contribution in [0, 0.1) is 23.2 Å². The van der Waals surface area contributed by atoms with Crippen LogP contribution >= 0.6 is 11.3 Å². The Morgan fingerprint density at radius 3 is 2.69 bits per heavy atom. The van der Waals surface area contributed by atoms with Crippen molar-refractivity contribution in [2.24, 2.45) is 18.9 Å². The summed E-state index contributed by atoms with van der Waals surface area (Å²) >= 11 is 1.80. The number of thiazole rings is 1. The van der Waals surface area contributed by atoms with Gasteiger partial charge in [-0.25, -0.2) is 4.98 Å². The van der Waals surface area contributed by atoms with Gasteiger partial charge < -0.3 is 4.90 Å². The number of aromatic nitrogens is 3. The number of nitriles is 1. The van der Waals surface area contributed by atoms with E-state index in [0.29, 0.717) is 5.56 Å². The molecule has 1 saturated heterocycles. The van der Waals surface area contributed by atoms with Crippen molar-refractivity contribution >= 4 is 27.4 Å². The lowest BCUT2D eigenvalue weighted by atomic mass is 9.89. The van der Waals surface area contributed by atoms with Gasteiger partial charge in [0.2, 0.25) is 0 Å². The highest BCUT2D eigenvalue weighted by Crippen LogP contribution is 2.44. The van der Waals surface area contributed by atoms with Gasteiger partial charge in [0.1, 0.15) is 0 Å². The Morgan fingerprint density at radius 1 is 1.03 bits per heavy atom. The summed E-state index contributed by atoms with van der Waals surface area (Å²) in [6.07, 6.45) is 7.36. The number of rotatable bonds is 3. The van der Waals surface area contributed by atoms with E-state index in [-0.39, 0.29) is 0 Å². The lowest BCUT2D eigenvalue weighted by Crippen LogP contribution is -2.38. The lowest BCUT2D eigenvalue weighted by molar-refractivity contribution is 0.324. The summed E-state index contributed by atoms with van der Waals surface area (Å²) in [5, 5.41) is 15.9. The molecule has 2 aromatic carbocycles. The van der Waals surface area contributed by atoms with Crippen LogP contribution in [0.5, 0.6) is 0 Å². The molecule has 0 radical (unpaired) electrons. The number of hydrogen-bond donors (Lipinski definition) is 0. The number of aryl methyl sites for hydroxylation is 1. The van der Waals surface area contributed by atoms with E-state index in [1.165, 1.54) is 36.1 Å². The third-order valence-electron chi connectivity index (χ3n) is 7.22. The predicted octanol–water partition coefficient (Wildman–Crippen LogP) is 5.86. The van der Waals surface area contributed by atoms with Crippen LogP contribution in [0.3, 0.4) is 0 Å². The first-order chi connectivity index (χ1) is 15.7. The van der Waals surface area contributed by atoms with Crippen LogP contribution < -0.4 is 4.90 Å². The second-order valence-corrected chi connectivity index (χ2v) is 10.1. The van der Waals surface area contributed by atoms with Gasteiger partial charge in [-0.3, -0.25) is 4.68 Å². The Kier molecular flexibility index (Phi) is 4.73. The van der Waals surface area contributed by atoms with E-state index in [9.17, 15) is 5.26 Å². The van der Waals surface area contributed by atoms with Crippen molar-refractivity contribution in [2.75, 3.05) is 18.0 Å². The molecular weight excluding hydrogens is 414 g/mol. The van der Waals surface area contributed by atoms with Crippen LogP contribution in [0.25, 0.3) is 32.6 Å². The van der Waals surface area contributed by atoms with Crippen LogP contribution in [0.4, 0.5) is 5.13 Å². The molecule has 2 aromatic heterocycles. The molecule has 6 rings (SSSR count). The standard InChI is InChI=1S/C26H25N5S/c1-30-23-10-9-20(13-22(23)15-28-30)25-24(19-7-5-17(14-27)6-8-19)29-26(32-25)31-12-11-18-3-2-4-21(18)16-31/h5-10,13,15,18,21H,2-4,11-12,16H2,1H3. The fourth-order valence-corrected chi connectivity index (χ4v) is 6.57. The molecule has 32 heavy (non-hydrogen) atoms. The molecule has 4 aromatic rings. The summed E-state index contributed by atoms with van der Waals surface area (Å²) in [6.45, 7) is 2.23. The van der Waals surface area contributed by atoms with E-state index in [1.807, 2.05) is 42.2 Å². The molecular formula is C26H25N5S. The highest BCUT2D eigenvalue weighted by molar-refractivity contribution is 7.19. The fraction of sp³-hybridized carbons (Fsp3) is 0.346. The van der Waals surface area contributed by atoms with Gasteiger partial charge in [0.25, 0.3) is 0 Å². The summed E-state index contributed by atoms with van der Waals surface area (Å²) in [5.74, 6) is 1.73. The molecule has 0 spiro atoms. The van der Waals surface area contributed by atoms with Gasteiger partial charge in [-0.2, -0.15) is 10.4 Å². The van der Waals surface area contributed by atoms with Crippen LogP contribution in [0.2, 0.25) is 0 Å². The summed E-state index contributed by atoms with van der Waals surface area (Å²) in [4.78, 5) is 8.87. The van der Waals surface area contributed by atoms with Crippen molar-refractivity contribution in [1.29, 1.82) is 5.26 Å². The topological polar surface area (TPSA) is 57.7 Å². The molecule has 0 amide bonds. The van der Waals surface area contributed by atoms with E-state index in [2.05, 4.69) is 34.3 Å². The Hall–Kier alpha value is -3.17. The van der Waals surface area contributed by atoms with Crippen molar-refractivity contribution in [3.05, 3.63) is 54.2 Å². The van der Waals surface area contributed by atoms with Crippen molar-refractivity contribution in [1.82, 2.24) is 14.8 Å². The molecule has 2 unspecified atom stereocenters. The Labute approximate surface area is 191 Å².